The zero-order chi connectivity index (χ0) is 18.4. The minimum atomic E-state index is -0.0750. The van der Waals surface area contributed by atoms with Gasteiger partial charge >= 0.3 is 0 Å². The molecule has 27 heavy (non-hydrogen) atoms. The van der Waals surface area contributed by atoms with Crippen LogP contribution in [0.15, 0.2) is 47.7 Å². The Morgan fingerprint density at radius 2 is 2.04 bits per heavy atom. The van der Waals surface area contributed by atoms with Crippen molar-refractivity contribution < 1.29 is 4.74 Å². The lowest BCUT2D eigenvalue weighted by Gasteiger charge is -2.09. The second kappa shape index (κ2) is 6.26. The van der Waals surface area contributed by atoms with Gasteiger partial charge in [0, 0.05) is 43.2 Å². The van der Waals surface area contributed by atoms with Crippen molar-refractivity contribution in [3.05, 3.63) is 58.9 Å². The third kappa shape index (κ3) is 3.45. The van der Waals surface area contributed by atoms with Gasteiger partial charge in [-0.25, -0.2) is 4.98 Å². The van der Waals surface area contributed by atoms with Gasteiger partial charge in [0.2, 0.25) is 0 Å². The first-order chi connectivity index (χ1) is 13.2. The zero-order valence-corrected chi connectivity index (χ0v) is 15.1. The molecule has 2 aliphatic rings. The van der Waals surface area contributed by atoms with Gasteiger partial charge < -0.3 is 14.6 Å². The summed E-state index contributed by atoms with van der Waals surface area (Å²) >= 11 is 0. The van der Waals surface area contributed by atoms with Crippen LogP contribution in [0.2, 0.25) is 0 Å². The highest BCUT2D eigenvalue weighted by Crippen LogP contribution is 2.46. The Kier molecular flexibility index (Phi) is 3.74. The summed E-state index contributed by atoms with van der Waals surface area (Å²) in [5.41, 5.74) is 1.69. The summed E-state index contributed by atoms with van der Waals surface area (Å²) in [5, 5.41) is 7.92. The summed E-state index contributed by atoms with van der Waals surface area (Å²) in [6.07, 6.45) is 10.2. The molecule has 3 aromatic rings. The van der Waals surface area contributed by atoms with E-state index in [1.54, 1.807) is 25.5 Å². The molecule has 3 aromatic heterocycles. The van der Waals surface area contributed by atoms with Crippen LogP contribution in [-0.2, 0) is 7.05 Å². The van der Waals surface area contributed by atoms with E-state index in [1.165, 1.54) is 30.3 Å². The minimum absolute atomic E-state index is 0.0750. The summed E-state index contributed by atoms with van der Waals surface area (Å²) < 4.78 is 9.74. The zero-order valence-electron chi connectivity index (χ0n) is 15.1. The van der Waals surface area contributed by atoms with Crippen molar-refractivity contribution >= 4 is 11.5 Å². The summed E-state index contributed by atoms with van der Waals surface area (Å²) in [5.74, 6) is 2.70. The molecule has 3 heterocycles. The number of nitrogens with zero attached hydrogens (tertiary/aromatic N) is 4. The molecule has 7 nitrogen and oxygen atoms in total. The molecule has 0 amide bonds. The highest BCUT2D eigenvalue weighted by molar-refractivity contribution is 5.56. The monoisotopic (exact) mass is 363 g/mol. The molecule has 0 unspecified atom stereocenters. The Hall–Kier alpha value is -3.09. The van der Waals surface area contributed by atoms with Crippen LogP contribution in [0.4, 0.5) is 11.5 Å². The van der Waals surface area contributed by atoms with Gasteiger partial charge in [-0.3, -0.25) is 9.48 Å². The molecule has 0 aliphatic heterocycles. The van der Waals surface area contributed by atoms with E-state index in [0.717, 1.165) is 11.4 Å². The second-order valence-electron chi connectivity index (χ2n) is 7.33. The maximum Gasteiger partial charge on any atom is 0.252 e. The van der Waals surface area contributed by atoms with E-state index in [4.69, 9.17) is 9.84 Å². The number of aryl methyl sites for hydroxylation is 1. The number of hydrogen-bond acceptors (Lipinski definition) is 5. The lowest BCUT2D eigenvalue weighted by Crippen LogP contribution is -2.14. The van der Waals surface area contributed by atoms with E-state index in [1.807, 2.05) is 24.4 Å². The maximum absolute atomic E-state index is 11.8. The van der Waals surface area contributed by atoms with E-state index in [-0.39, 0.29) is 5.56 Å². The average molecular weight is 363 g/mol. The van der Waals surface area contributed by atoms with E-state index >= 15 is 0 Å². The van der Waals surface area contributed by atoms with Crippen LogP contribution in [0.5, 0.6) is 11.5 Å². The molecule has 0 radical (unpaired) electrons. The van der Waals surface area contributed by atoms with Crippen molar-refractivity contribution in [1.82, 2.24) is 19.3 Å². The van der Waals surface area contributed by atoms with Crippen molar-refractivity contribution in [2.24, 2.45) is 7.05 Å². The first kappa shape index (κ1) is 16.1. The predicted molar refractivity (Wildman–Crippen MR) is 102 cm³/mol. The third-order valence-corrected chi connectivity index (χ3v) is 4.95. The number of ether oxygens (including phenoxy) is 1. The molecule has 2 aliphatic carbocycles. The largest absolute Gasteiger partial charge is 0.454 e. The third-order valence-electron chi connectivity index (χ3n) is 4.95. The number of aromatic nitrogens is 4. The Morgan fingerprint density at radius 1 is 1.19 bits per heavy atom. The standard InChI is InChI=1S/C20H21N5O2/c1-24-9-7-14(10-19(24)26)22-18-11-16(6-8-21-18)27-17-12-25(15-4-5-15)23-20(17)13-2-3-13/h6-13,15H,2-5H2,1H3,(H,21,22). The number of nitrogens with one attached hydrogen (secondary N) is 1. The molecule has 2 fully saturated rings. The van der Waals surface area contributed by atoms with Crippen molar-refractivity contribution in [1.29, 1.82) is 0 Å². The van der Waals surface area contributed by atoms with E-state index < -0.39 is 0 Å². The topological polar surface area (TPSA) is 74.0 Å². The van der Waals surface area contributed by atoms with Crippen LogP contribution in [0.1, 0.15) is 43.3 Å². The van der Waals surface area contributed by atoms with Crippen LogP contribution in [0, 0.1) is 0 Å². The number of rotatable bonds is 6. The molecule has 7 heteroatoms. The minimum Gasteiger partial charge on any atom is -0.454 e. The lowest BCUT2D eigenvalue weighted by atomic mass is 10.3. The van der Waals surface area contributed by atoms with Crippen LogP contribution in [-0.4, -0.2) is 19.3 Å². The molecule has 0 saturated heterocycles. The van der Waals surface area contributed by atoms with Gasteiger partial charge in [0.25, 0.3) is 5.56 Å². The van der Waals surface area contributed by atoms with Crippen molar-refractivity contribution in [3.8, 4) is 11.5 Å². The molecule has 0 aromatic carbocycles. The predicted octanol–water partition coefficient (Wildman–Crippen LogP) is 3.73. The molecule has 0 atom stereocenters. The second-order valence-corrected chi connectivity index (χ2v) is 7.33. The Bertz CT molecular complexity index is 1050. The number of pyridine rings is 2. The maximum atomic E-state index is 11.8. The van der Waals surface area contributed by atoms with Crippen LogP contribution < -0.4 is 15.6 Å². The van der Waals surface area contributed by atoms with Crippen LogP contribution in [0.25, 0.3) is 0 Å². The lowest BCUT2D eigenvalue weighted by molar-refractivity contribution is 0.475. The van der Waals surface area contributed by atoms with Gasteiger partial charge in [0.15, 0.2) is 5.75 Å². The van der Waals surface area contributed by atoms with Crippen molar-refractivity contribution in [3.63, 3.8) is 0 Å². The van der Waals surface area contributed by atoms with Crippen LogP contribution >= 0.6 is 0 Å². The summed E-state index contributed by atoms with van der Waals surface area (Å²) in [6.45, 7) is 0. The van der Waals surface area contributed by atoms with Gasteiger partial charge in [-0.05, 0) is 37.8 Å². The average Bonchev–Trinajstić information content (AvgIpc) is 3.57. The van der Waals surface area contributed by atoms with Gasteiger partial charge in [0.05, 0.1) is 12.2 Å². The van der Waals surface area contributed by atoms with Gasteiger partial charge in [-0.15, -0.1) is 0 Å². The van der Waals surface area contributed by atoms with E-state index in [0.29, 0.717) is 29.2 Å². The SMILES string of the molecule is Cn1ccc(Nc2cc(Oc3cn(C4CC4)nc3C3CC3)ccn2)cc1=O. The molecule has 0 spiro atoms. The highest BCUT2D eigenvalue weighted by atomic mass is 16.5. The van der Waals surface area contributed by atoms with Gasteiger partial charge in [-0.1, -0.05) is 0 Å². The van der Waals surface area contributed by atoms with E-state index in [9.17, 15) is 4.79 Å². The fourth-order valence-electron chi connectivity index (χ4n) is 3.08. The smallest absolute Gasteiger partial charge is 0.252 e. The van der Waals surface area contributed by atoms with E-state index in [2.05, 4.69) is 15.0 Å². The normalized spacial score (nSPS) is 16.3. The first-order valence-electron chi connectivity index (χ1n) is 9.32. The molecular formula is C20H21N5O2. The number of hydrogen-bond donors (Lipinski definition) is 1. The van der Waals surface area contributed by atoms with Gasteiger partial charge in [-0.2, -0.15) is 5.10 Å². The molecule has 5 rings (SSSR count). The molecular weight excluding hydrogens is 342 g/mol. The highest BCUT2D eigenvalue weighted by Gasteiger charge is 2.33. The van der Waals surface area contributed by atoms with Crippen molar-refractivity contribution in [2.45, 2.75) is 37.6 Å². The molecule has 138 valence electrons. The number of anilines is 2. The Morgan fingerprint density at radius 3 is 2.78 bits per heavy atom. The summed E-state index contributed by atoms with van der Waals surface area (Å²) in [7, 11) is 1.72. The fraction of sp³-hybridized carbons (Fsp3) is 0.350. The summed E-state index contributed by atoms with van der Waals surface area (Å²) in [4.78, 5) is 16.1. The Balaban J connectivity index is 1.38. The molecule has 0 bridgehead atoms. The first-order valence-corrected chi connectivity index (χ1v) is 9.32. The molecule has 2 saturated carbocycles. The summed E-state index contributed by atoms with van der Waals surface area (Å²) in [6, 6.07) is 7.58. The van der Waals surface area contributed by atoms with Gasteiger partial charge in [0.1, 0.15) is 17.3 Å². The fourth-order valence-corrected chi connectivity index (χ4v) is 3.08. The molecule has 1 N–H and O–H groups in total. The Labute approximate surface area is 156 Å². The van der Waals surface area contributed by atoms with Crippen LogP contribution in [0.3, 0.4) is 0 Å². The van der Waals surface area contributed by atoms with Crippen molar-refractivity contribution in [2.75, 3.05) is 5.32 Å². The quantitative estimate of drug-likeness (QED) is 0.722.